The first-order valence-corrected chi connectivity index (χ1v) is 6.64. The molecule has 20 heavy (non-hydrogen) atoms. The Morgan fingerprint density at radius 3 is 2.30 bits per heavy atom. The van der Waals surface area contributed by atoms with E-state index in [1.165, 1.54) is 0 Å². The molecule has 0 aliphatic carbocycles. The fourth-order valence-electron chi connectivity index (χ4n) is 1.54. The Morgan fingerprint density at radius 2 is 1.70 bits per heavy atom. The molecule has 0 aliphatic rings. The number of aryl methyl sites for hydroxylation is 1. The summed E-state index contributed by atoms with van der Waals surface area (Å²) in [6.45, 7) is 0.684. The number of nitrogens with zero attached hydrogens (tertiary/aromatic N) is 1. The van der Waals surface area contributed by atoms with Gasteiger partial charge in [0.1, 0.15) is 6.42 Å². The first-order chi connectivity index (χ1) is 9.61. The number of hydrogen-bond donors (Lipinski definition) is 2. The van der Waals surface area contributed by atoms with E-state index in [0.29, 0.717) is 31.0 Å². The third kappa shape index (κ3) is 6.76. The Kier molecular flexibility index (Phi) is 7.15. The quantitative estimate of drug-likeness (QED) is 0.746. The maximum absolute atomic E-state index is 11.6. The van der Waals surface area contributed by atoms with Gasteiger partial charge in [0.2, 0.25) is 11.8 Å². The third-order valence-electron chi connectivity index (χ3n) is 2.56. The molecule has 1 rings (SSSR count). The second-order valence-corrected chi connectivity index (χ2v) is 4.60. The second kappa shape index (κ2) is 8.94. The molecule has 0 unspecified atom stereocenters. The standard InChI is InChI=1S/C14H16ClN3O2/c15-12-4-1-11(2-5-12)3-6-13(19)17-9-10-18-14(20)7-8-16/h1-2,4-5H,3,6-7,9-10H2,(H,17,19)(H,18,20). The average molecular weight is 294 g/mol. The van der Waals surface area contributed by atoms with Gasteiger partial charge in [-0.25, -0.2) is 0 Å². The molecule has 5 nitrogen and oxygen atoms in total. The minimum absolute atomic E-state index is 0.0746. The molecule has 0 aliphatic heterocycles. The van der Waals surface area contributed by atoms with E-state index in [0.717, 1.165) is 5.56 Å². The predicted molar refractivity (Wildman–Crippen MR) is 76.0 cm³/mol. The van der Waals surface area contributed by atoms with E-state index in [4.69, 9.17) is 16.9 Å². The molecule has 0 spiro atoms. The van der Waals surface area contributed by atoms with E-state index in [9.17, 15) is 9.59 Å². The van der Waals surface area contributed by atoms with Crippen LogP contribution >= 0.6 is 11.6 Å². The van der Waals surface area contributed by atoms with Gasteiger partial charge >= 0.3 is 0 Å². The van der Waals surface area contributed by atoms with Crippen LogP contribution in [-0.2, 0) is 16.0 Å². The summed E-state index contributed by atoms with van der Waals surface area (Å²) in [6.07, 6.45) is 0.863. The lowest BCUT2D eigenvalue weighted by molar-refractivity contribution is -0.122. The van der Waals surface area contributed by atoms with Crippen molar-refractivity contribution >= 4 is 23.4 Å². The Morgan fingerprint density at radius 1 is 1.10 bits per heavy atom. The summed E-state index contributed by atoms with van der Waals surface area (Å²) in [5.41, 5.74) is 1.05. The van der Waals surface area contributed by atoms with Crippen molar-refractivity contribution in [1.29, 1.82) is 5.26 Å². The van der Waals surface area contributed by atoms with Crippen LogP contribution in [0, 0.1) is 11.3 Å². The molecule has 2 N–H and O–H groups in total. The first kappa shape index (κ1) is 16.0. The van der Waals surface area contributed by atoms with Crippen LogP contribution in [-0.4, -0.2) is 24.9 Å². The maximum Gasteiger partial charge on any atom is 0.234 e. The number of halogens is 1. The number of benzene rings is 1. The molecule has 0 atom stereocenters. The maximum atomic E-state index is 11.6. The van der Waals surface area contributed by atoms with Crippen molar-refractivity contribution < 1.29 is 9.59 Å². The Labute approximate surface area is 122 Å². The Balaban J connectivity index is 2.13. The molecule has 2 amide bonds. The number of amides is 2. The molecule has 1 aromatic rings. The second-order valence-electron chi connectivity index (χ2n) is 4.16. The van der Waals surface area contributed by atoms with Crippen LogP contribution in [0.2, 0.25) is 5.02 Å². The molecule has 0 bridgehead atoms. The lowest BCUT2D eigenvalue weighted by Gasteiger charge is -2.06. The van der Waals surface area contributed by atoms with E-state index in [1.54, 1.807) is 18.2 Å². The largest absolute Gasteiger partial charge is 0.354 e. The van der Waals surface area contributed by atoms with Gasteiger partial charge in [-0.1, -0.05) is 23.7 Å². The van der Waals surface area contributed by atoms with Gasteiger partial charge in [-0.2, -0.15) is 5.26 Å². The molecule has 1 aromatic carbocycles. The van der Waals surface area contributed by atoms with Crippen molar-refractivity contribution in [3.63, 3.8) is 0 Å². The van der Waals surface area contributed by atoms with Crippen LogP contribution in [0.25, 0.3) is 0 Å². The van der Waals surface area contributed by atoms with Gasteiger partial charge < -0.3 is 10.6 Å². The van der Waals surface area contributed by atoms with Crippen LogP contribution < -0.4 is 10.6 Å². The summed E-state index contributed by atoms with van der Waals surface area (Å²) in [4.78, 5) is 22.5. The van der Waals surface area contributed by atoms with Crippen LogP contribution in [0.1, 0.15) is 18.4 Å². The molecule has 0 saturated heterocycles. The van der Waals surface area contributed by atoms with E-state index in [-0.39, 0.29) is 18.2 Å². The van der Waals surface area contributed by atoms with Gasteiger partial charge in [-0.15, -0.1) is 0 Å². The summed E-state index contributed by atoms with van der Waals surface area (Å²) in [6, 6.07) is 9.11. The number of rotatable bonds is 7. The number of nitrogens with one attached hydrogen (secondary N) is 2. The summed E-state index contributed by atoms with van der Waals surface area (Å²) in [5, 5.41) is 14.2. The highest BCUT2D eigenvalue weighted by Crippen LogP contribution is 2.10. The number of carbonyl (C=O) groups is 2. The van der Waals surface area contributed by atoms with Gasteiger partial charge in [0, 0.05) is 24.5 Å². The fraction of sp³-hybridized carbons (Fsp3) is 0.357. The van der Waals surface area contributed by atoms with E-state index < -0.39 is 0 Å². The van der Waals surface area contributed by atoms with Crippen LogP contribution in [0.5, 0.6) is 0 Å². The molecular formula is C14H16ClN3O2. The van der Waals surface area contributed by atoms with Crippen LogP contribution in [0.15, 0.2) is 24.3 Å². The Hall–Kier alpha value is -2.06. The predicted octanol–water partition coefficient (Wildman–Crippen LogP) is 1.42. The number of nitriles is 1. The zero-order valence-corrected chi connectivity index (χ0v) is 11.7. The zero-order chi connectivity index (χ0) is 14.8. The van der Waals surface area contributed by atoms with Crippen molar-refractivity contribution in [2.75, 3.05) is 13.1 Å². The summed E-state index contributed by atoms with van der Waals surface area (Å²) in [7, 11) is 0. The van der Waals surface area contributed by atoms with E-state index in [1.807, 2.05) is 12.1 Å². The average Bonchev–Trinajstić information content (AvgIpc) is 2.43. The number of carbonyl (C=O) groups excluding carboxylic acids is 2. The molecule has 0 aromatic heterocycles. The molecule has 0 saturated carbocycles. The molecule has 0 fully saturated rings. The lowest BCUT2D eigenvalue weighted by Crippen LogP contribution is -2.34. The molecule has 0 heterocycles. The minimum atomic E-state index is -0.331. The molecular weight excluding hydrogens is 278 g/mol. The monoisotopic (exact) mass is 293 g/mol. The SMILES string of the molecule is N#CCC(=O)NCCNC(=O)CCc1ccc(Cl)cc1. The topological polar surface area (TPSA) is 82.0 Å². The van der Waals surface area contributed by atoms with Gasteiger partial charge in [-0.3, -0.25) is 9.59 Å². The van der Waals surface area contributed by atoms with Crippen molar-refractivity contribution in [3.8, 4) is 6.07 Å². The summed E-state index contributed by atoms with van der Waals surface area (Å²) >= 11 is 5.77. The summed E-state index contributed by atoms with van der Waals surface area (Å²) < 4.78 is 0. The van der Waals surface area contributed by atoms with Gasteiger partial charge in [-0.05, 0) is 24.1 Å². The Bertz CT molecular complexity index is 494. The van der Waals surface area contributed by atoms with E-state index in [2.05, 4.69) is 10.6 Å². The van der Waals surface area contributed by atoms with Crippen LogP contribution in [0.3, 0.4) is 0 Å². The van der Waals surface area contributed by atoms with Crippen LogP contribution in [0.4, 0.5) is 0 Å². The van der Waals surface area contributed by atoms with Crippen molar-refractivity contribution in [3.05, 3.63) is 34.9 Å². The summed E-state index contributed by atoms with van der Waals surface area (Å²) in [5.74, 6) is -0.405. The molecule has 106 valence electrons. The zero-order valence-electron chi connectivity index (χ0n) is 11.0. The van der Waals surface area contributed by atoms with Crippen molar-refractivity contribution in [2.24, 2.45) is 0 Å². The van der Waals surface area contributed by atoms with Gasteiger partial charge in [0.05, 0.1) is 6.07 Å². The lowest BCUT2D eigenvalue weighted by atomic mass is 10.1. The highest BCUT2D eigenvalue weighted by molar-refractivity contribution is 6.30. The van der Waals surface area contributed by atoms with Crippen molar-refractivity contribution in [2.45, 2.75) is 19.3 Å². The van der Waals surface area contributed by atoms with Gasteiger partial charge in [0.25, 0.3) is 0 Å². The molecule has 0 radical (unpaired) electrons. The third-order valence-corrected chi connectivity index (χ3v) is 2.81. The number of hydrogen-bond acceptors (Lipinski definition) is 3. The highest BCUT2D eigenvalue weighted by atomic mass is 35.5. The van der Waals surface area contributed by atoms with Crippen molar-refractivity contribution in [1.82, 2.24) is 10.6 Å². The first-order valence-electron chi connectivity index (χ1n) is 6.26. The van der Waals surface area contributed by atoms with Gasteiger partial charge in [0.15, 0.2) is 0 Å². The smallest absolute Gasteiger partial charge is 0.234 e. The van der Waals surface area contributed by atoms with E-state index >= 15 is 0 Å². The molecule has 6 heteroatoms. The fourth-order valence-corrected chi connectivity index (χ4v) is 1.66. The highest BCUT2D eigenvalue weighted by Gasteiger charge is 2.03. The normalized spacial score (nSPS) is 9.60. The minimum Gasteiger partial charge on any atom is -0.354 e.